The lowest BCUT2D eigenvalue weighted by Crippen LogP contribution is -2.14. The van der Waals surface area contributed by atoms with Gasteiger partial charge in [-0.1, -0.05) is 11.8 Å². The Labute approximate surface area is 161 Å². The Hall–Kier alpha value is -3.00. The molecule has 3 rings (SSSR count). The maximum absolute atomic E-state index is 12.2. The molecule has 0 aliphatic heterocycles. The van der Waals surface area contributed by atoms with Gasteiger partial charge in [0.25, 0.3) is 0 Å². The monoisotopic (exact) mass is 384 g/mol. The van der Waals surface area contributed by atoms with Crippen LogP contribution in [0.15, 0.2) is 53.7 Å². The number of ether oxygens (including phenoxy) is 1. The zero-order valence-electron chi connectivity index (χ0n) is 15.0. The highest BCUT2D eigenvalue weighted by atomic mass is 32.2. The Morgan fingerprint density at radius 1 is 1.15 bits per heavy atom. The number of thioether (sulfide) groups is 1. The molecule has 140 valence electrons. The van der Waals surface area contributed by atoms with Gasteiger partial charge in [-0.25, -0.2) is 0 Å². The number of anilines is 1. The van der Waals surface area contributed by atoms with Crippen molar-refractivity contribution in [3.05, 3.63) is 48.5 Å². The van der Waals surface area contributed by atoms with Gasteiger partial charge in [-0.15, -0.1) is 10.2 Å². The van der Waals surface area contributed by atoms with E-state index in [1.807, 2.05) is 30.7 Å². The van der Waals surface area contributed by atoms with Crippen molar-refractivity contribution in [2.24, 2.45) is 7.05 Å². The van der Waals surface area contributed by atoms with E-state index < -0.39 is 0 Å². The van der Waals surface area contributed by atoms with E-state index in [0.717, 1.165) is 11.3 Å². The first-order valence-electron chi connectivity index (χ1n) is 8.41. The van der Waals surface area contributed by atoms with Gasteiger partial charge in [0.2, 0.25) is 5.91 Å². The molecule has 1 amide bonds. The van der Waals surface area contributed by atoms with E-state index in [1.165, 1.54) is 11.8 Å². The molecule has 0 fully saturated rings. The van der Waals surface area contributed by atoms with Crippen molar-refractivity contribution in [3.8, 4) is 22.9 Å². The highest BCUT2D eigenvalue weighted by Crippen LogP contribution is 2.24. The summed E-state index contributed by atoms with van der Waals surface area (Å²) in [6.07, 6.45) is 0. The molecule has 0 unspecified atom stereocenters. The predicted molar refractivity (Wildman–Crippen MR) is 105 cm³/mol. The van der Waals surface area contributed by atoms with Crippen LogP contribution in [0.5, 0.6) is 11.5 Å². The van der Waals surface area contributed by atoms with Gasteiger partial charge < -0.3 is 19.7 Å². The van der Waals surface area contributed by atoms with Crippen LogP contribution >= 0.6 is 11.8 Å². The van der Waals surface area contributed by atoms with E-state index in [9.17, 15) is 9.90 Å². The van der Waals surface area contributed by atoms with E-state index in [1.54, 1.807) is 36.4 Å². The van der Waals surface area contributed by atoms with Gasteiger partial charge in [0.05, 0.1) is 12.4 Å². The molecule has 0 saturated heterocycles. The molecule has 0 saturated carbocycles. The fraction of sp³-hybridized carbons (Fsp3) is 0.211. The number of carbonyl (C=O) groups excluding carboxylic acids is 1. The summed E-state index contributed by atoms with van der Waals surface area (Å²) < 4.78 is 7.20. The molecule has 27 heavy (non-hydrogen) atoms. The summed E-state index contributed by atoms with van der Waals surface area (Å²) >= 11 is 1.31. The van der Waals surface area contributed by atoms with Gasteiger partial charge in [-0.3, -0.25) is 4.79 Å². The van der Waals surface area contributed by atoms with Crippen LogP contribution in [0, 0.1) is 0 Å². The summed E-state index contributed by atoms with van der Waals surface area (Å²) in [5.74, 6) is 1.73. The molecule has 1 aromatic heterocycles. The van der Waals surface area contributed by atoms with E-state index in [0.29, 0.717) is 23.3 Å². The molecule has 0 aliphatic rings. The van der Waals surface area contributed by atoms with E-state index >= 15 is 0 Å². The maximum atomic E-state index is 12.2. The van der Waals surface area contributed by atoms with Crippen molar-refractivity contribution in [3.63, 3.8) is 0 Å². The summed E-state index contributed by atoms with van der Waals surface area (Å²) in [4.78, 5) is 12.2. The number of rotatable bonds is 7. The molecule has 2 N–H and O–H groups in total. The number of carbonyl (C=O) groups is 1. The largest absolute Gasteiger partial charge is 0.508 e. The van der Waals surface area contributed by atoms with Crippen molar-refractivity contribution >= 4 is 23.4 Å². The lowest BCUT2D eigenvalue weighted by Gasteiger charge is -2.07. The van der Waals surface area contributed by atoms with Crippen LogP contribution in [0.3, 0.4) is 0 Å². The lowest BCUT2D eigenvalue weighted by molar-refractivity contribution is -0.113. The topological polar surface area (TPSA) is 89.3 Å². The molecule has 3 aromatic rings. The first kappa shape index (κ1) is 18.8. The van der Waals surface area contributed by atoms with Crippen molar-refractivity contribution in [1.82, 2.24) is 14.8 Å². The highest BCUT2D eigenvalue weighted by molar-refractivity contribution is 7.99. The average molecular weight is 384 g/mol. The predicted octanol–water partition coefficient (Wildman–Crippen LogP) is 3.32. The van der Waals surface area contributed by atoms with E-state index in [4.69, 9.17) is 4.74 Å². The minimum atomic E-state index is -0.127. The number of phenols is 1. The first-order valence-corrected chi connectivity index (χ1v) is 9.39. The smallest absolute Gasteiger partial charge is 0.234 e. The van der Waals surface area contributed by atoms with Crippen LogP contribution in [0.4, 0.5) is 5.69 Å². The second kappa shape index (κ2) is 8.59. The summed E-state index contributed by atoms with van der Waals surface area (Å²) in [5, 5.41) is 21.2. The van der Waals surface area contributed by atoms with Crippen LogP contribution in [0.25, 0.3) is 11.4 Å². The van der Waals surface area contributed by atoms with Gasteiger partial charge in [-0.05, 0) is 55.5 Å². The molecule has 0 radical (unpaired) electrons. The van der Waals surface area contributed by atoms with Crippen LogP contribution in [0.2, 0.25) is 0 Å². The van der Waals surface area contributed by atoms with Gasteiger partial charge in [0, 0.05) is 18.3 Å². The minimum Gasteiger partial charge on any atom is -0.508 e. The number of hydrogen-bond acceptors (Lipinski definition) is 6. The van der Waals surface area contributed by atoms with Crippen LogP contribution in [-0.2, 0) is 11.8 Å². The van der Waals surface area contributed by atoms with Gasteiger partial charge in [0.1, 0.15) is 11.5 Å². The third kappa shape index (κ3) is 4.79. The zero-order valence-corrected chi connectivity index (χ0v) is 15.9. The summed E-state index contributed by atoms with van der Waals surface area (Å²) in [5.41, 5.74) is 1.56. The summed E-state index contributed by atoms with van der Waals surface area (Å²) in [7, 11) is 1.84. The first-order chi connectivity index (χ1) is 13.1. The summed E-state index contributed by atoms with van der Waals surface area (Å²) in [6.45, 7) is 2.53. The minimum absolute atomic E-state index is 0.127. The number of amides is 1. The van der Waals surface area contributed by atoms with Gasteiger partial charge >= 0.3 is 0 Å². The quantitative estimate of drug-likeness (QED) is 0.608. The molecule has 2 aromatic carbocycles. The third-order valence-corrected chi connectivity index (χ3v) is 4.76. The van der Waals surface area contributed by atoms with Crippen molar-refractivity contribution in [2.75, 3.05) is 17.7 Å². The van der Waals surface area contributed by atoms with Crippen molar-refractivity contribution in [2.45, 2.75) is 12.1 Å². The molecule has 0 aliphatic carbocycles. The molecule has 0 bridgehead atoms. The Bertz CT molecular complexity index is 908. The number of benzene rings is 2. The fourth-order valence-corrected chi connectivity index (χ4v) is 3.14. The average Bonchev–Trinajstić information content (AvgIpc) is 3.03. The Morgan fingerprint density at radius 3 is 2.52 bits per heavy atom. The number of aromatic hydroxyl groups is 1. The van der Waals surface area contributed by atoms with Gasteiger partial charge in [0.15, 0.2) is 11.0 Å². The number of nitrogens with one attached hydrogen (secondary N) is 1. The molecule has 0 atom stereocenters. The second-order valence-corrected chi connectivity index (χ2v) is 6.65. The van der Waals surface area contributed by atoms with Crippen molar-refractivity contribution in [1.29, 1.82) is 0 Å². The van der Waals surface area contributed by atoms with Gasteiger partial charge in [-0.2, -0.15) is 0 Å². The summed E-state index contributed by atoms with van der Waals surface area (Å²) in [6, 6.07) is 14.0. The fourth-order valence-electron chi connectivity index (χ4n) is 2.43. The van der Waals surface area contributed by atoms with E-state index in [2.05, 4.69) is 15.5 Å². The lowest BCUT2D eigenvalue weighted by atomic mass is 10.2. The normalized spacial score (nSPS) is 10.6. The molecule has 7 nitrogen and oxygen atoms in total. The zero-order chi connectivity index (χ0) is 19.2. The van der Waals surface area contributed by atoms with Crippen LogP contribution in [-0.4, -0.2) is 38.1 Å². The standard InChI is InChI=1S/C19H20N4O3S/c1-3-26-16-10-6-14(7-11-16)20-17(25)12-27-19-22-21-18(23(19)2)13-4-8-15(24)9-5-13/h4-11,24H,3,12H2,1-2H3,(H,20,25). The molecule has 1 heterocycles. The molecule has 8 heteroatoms. The Balaban J connectivity index is 1.58. The number of nitrogens with zero attached hydrogens (tertiary/aromatic N) is 3. The highest BCUT2D eigenvalue weighted by Gasteiger charge is 2.13. The van der Waals surface area contributed by atoms with Crippen molar-refractivity contribution < 1.29 is 14.6 Å². The molecule has 0 spiro atoms. The number of hydrogen-bond donors (Lipinski definition) is 2. The maximum Gasteiger partial charge on any atom is 0.234 e. The Kier molecular flexibility index (Phi) is 5.97. The molecular formula is C19H20N4O3S. The molecular weight excluding hydrogens is 364 g/mol. The van der Waals surface area contributed by atoms with E-state index in [-0.39, 0.29) is 17.4 Å². The number of aromatic nitrogens is 3. The number of phenolic OH excluding ortho intramolecular Hbond substituents is 1. The second-order valence-electron chi connectivity index (χ2n) is 5.71. The van der Waals surface area contributed by atoms with Crippen LogP contribution < -0.4 is 10.1 Å². The van der Waals surface area contributed by atoms with Crippen LogP contribution in [0.1, 0.15) is 6.92 Å². The third-order valence-electron chi connectivity index (χ3n) is 3.74. The SMILES string of the molecule is CCOc1ccc(NC(=O)CSc2nnc(-c3ccc(O)cc3)n2C)cc1. The Morgan fingerprint density at radius 2 is 1.85 bits per heavy atom.